The van der Waals surface area contributed by atoms with Crippen LogP contribution < -0.4 is 4.90 Å². The summed E-state index contributed by atoms with van der Waals surface area (Å²) in [4.78, 5) is 2.53. The summed E-state index contributed by atoms with van der Waals surface area (Å²) in [5.41, 5.74) is 18.1. The third-order valence-corrected chi connectivity index (χ3v) is 14.6. The molecule has 0 aliphatic heterocycles. The summed E-state index contributed by atoms with van der Waals surface area (Å²) in [6.07, 6.45) is 0. The maximum atomic E-state index is 2.56. The maximum absolute atomic E-state index is 2.56. The topological polar surface area (TPSA) is 3.24 Å². The quantitative estimate of drug-likeness (QED) is 0.156. The molecular formula is C65H41N. The summed E-state index contributed by atoms with van der Waals surface area (Å²) in [6, 6.07) is 93.0. The van der Waals surface area contributed by atoms with Gasteiger partial charge in [0.05, 0.1) is 11.1 Å². The van der Waals surface area contributed by atoms with Crippen LogP contribution >= 0.6 is 0 Å². The molecule has 0 N–H and O–H groups in total. The number of rotatable bonds is 5. The van der Waals surface area contributed by atoms with Crippen LogP contribution in [-0.2, 0) is 5.41 Å². The highest BCUT2D eigenvalue weighted by Crippen LogP contribution is 2.64. The Morgan fingerprint density at radius 3 is 1.35 bits per heavy atom. The van der Waals surface area contributed by atoms with Gasteiger partial charge in [-0.1, -0.05) is 206 Å². The fourth-order valence-corrected chi connectivity index (χ4v) is 11.8. The van der Waals surface area contributed by atoms with Crippen LogP contribution in [0.15, 0.2) is 249 Å². The van der Waals surface area contributed by atoms with Gasteiger partial charge in [0.15, 0.2) is 0 Å². The Morgan fingerprint density at radius 1 is 0.242 bits per heavy atom. The van der Waals surface area contributed by atoms with Crippen molar-refractivity contribution in [3.05, 3.63) is 271 Å². The Morgan fingerprint density at radius 2 is 0.712 bits per heavy atom. The van der Waals surface area contributed by atoms with E-state index in [9.17, 15) is 0 Å². The molecule has 0 bridgehead atoms. The van der Waals surface area contributed by atoms with Crippen LogP contribution in [0, 0.1) is 0 Å². The largest absolute Gasteiger partial charge is 0.310 e. The first kappa shape index (κ1) is 36.9. The standard InChI is InChI=1S/C65H41N/c1-2-16-42(17-3-1)44-32-34-47(35-33-44)66(48-36-37-53-51-22-7-6-20-49(51)50-21-8-9-23-52(50)58(53)39-48)64-41-63-59(40-57(64)46-31-30-43-18-4-5-19-45(43)38-46)56-26-12-15-29-62(56)65(63)60-27-13-10-24-54(60)55-25-11-14-28-61(55)65/h1-41H. The maximum Gasteiger partial charge on any atom is 0.0726 e. The van der Waals surface area contributed by atoms with Gasteiger partial charge >= 0.3 is 0 Å². The monoisotopic (exact) mass is 835 g/mol. The van der Waals surface area contributed by atoms with E-state index in [2.05, 4.69) is 254 Å². The van der Waals surface area contributed by atoms with Crippen molar-refractivity contribution in [3.63, 3.8) is 0 Å². The molecule has 1 spiro atoms. The molecule has 0 saturated heterocycles. The van der Waals surface area contributed by atoms with Gasteiger partial charge in [-0.05, 0) is 147 Å². The Balaban J connectivity index is 1.11. The smallest absolute Gasteiger partial charge is 0.0726 e. The number of benzene rings is 12. The number of hydrogen-bond acceptors (Lipinski definition) is 1. The Bertz CT molecular complexity index is 3850. The molecule has 1 heteroatoms. The van der Waals surface area contributed by atoms with Crippen molar-refractivity contribution in [2.45, 2.75) is 5.41 Å². The van der Waals surface area contributed by atoms with E-state index in [4.69, 9.17) is 0 Å². The summed E-state index contributed by atoms with van der Waals surface area (Å²) in [7, 11) is 0. The molecular weight excluding hydrogens is 795 g/mol. The van der Waals surface area contributed by atoms with Crippen LogP contribution in [0.4, 0.5) is 17.1 Å². The molecule has 0 aromatic heterocycles. The summed E-state index contributed by atoms with van der Waals surface area (Å²) >= 11 is 0. The lowest BCUT2D eigenvalue weighted by atomic mass is 9.70. The van der Waals surface area contributed by atoms with Gasteiger partial charge in [0, 0.05) is 16.9 Å². The summed E-state index contributed by atoms with van der Waals surface area (Å²) in [6.45, 7) is 0. The van der Waals surface area contributed by atoms with E-state index < -0.39 is 5.41 Å². The molecule has 0 radical (unpaired) electrons. The predicted molar refractivity (Wildman–Crippen MR) is 278 cm³/mol. The fraction of sp³-hybridized carbons (Fsp3) is 0.0154. The first-order valence-electron chi connectivity index (χ1n) is 23.0. The van der Waals surface area contributed by atoms with E-state index in [0.29, 0.717) is 0 Å². The molecule has 306 valence electrons. The Labute approximate surface area is 384 Å². The van der Waals surface area contributed by atoms with Gasteiger partial charge in [-0.3, -0.25) is 0 Å². The summed E-state index contributed by atoms with van der Waals surface area (Å²) < 4.78 is 0. The number of nitrogens with zero attached hydrogens (tertiary/aromatic N) is 1. The first-order valence-corrected chi connectivity index (χ1v) is 23.0. The van der Waals surface area contributed by atoms with Crippen molar-refractivity contribution in [2.75, 3.05) is 4.90 Å². The number of hydrogen-bond donors (Lipinski definition) is 0. The molecule has 12 aromatic rings. The minimum absolute atomic E-state index is 0.503. The fourth-order valence-electron chi connectivity index (χ4n) is 11.8. The zero-order valence-corrected chi connectivity index (χ0v) is 36.1. The molecule has 0 atom stereocenters. The second kappa shape index (κ2) is 14.2. The SMILES string of the molecule is c1ccc(-c2ccc(N(c3ccc4c5ccccc5c5ccccc5c4c3)c3cc4c(cc3-c3ccc5ccccc5c3)-c3ccccc3C43c4ccccc4-c4ccccc43)cc2)cc1. The van der Waals surface area contributed by atoms with Crippen molar-refractivity contribution >= 4 is 60.2 Å². The van der Waals surface area contributed by atoms with E-state index in [1.54, 1.807) is 0 Å². The van der Waals surface area contributed by atoms with Gasteiger partial charge < -0.3 is 4.90 Å². The number of anilines is 3. The van der Waals surface area contributed by atoms with E-state index >= 15 is 0 Å². The third-order valence-electron chi connectivity index (χ3n) is 14.6. The van der Waals surface area contributed by atoms with Crippen LogP contribution in [-0.4, -0.2) is 0 Å². The minimum atomic E-state index is -0.503. The van der Waals surface area contributed by atoms with Gasteiger partial charge in [0.1, 0.15) is 0 Å². The molecule has 66 heavy (non-hydrogen) atoms. The van der Waals surface area contributed by atoms with Crippen molar-refractivity contribution in [1.29, 1.82) is 0 Å². The van der Waals surface area contributed by atoms with Gasteiger partial charge in [-0.15, -0.1) is 0 Å². The third kappa shape index (κ3) is 5.23. The Kier molecular flexibility index (Phi) is 7.97. The van der Waals surface area contributed by atoms with Crippen LogP contribution in [0.2, 0.25) is 0 Å². The number of fused-ring (bicyclic) bond motifs is 17. The molecule has 0 fully saturated rings. The van der Waals surface area contributed by atoms with Gasteiger partial charge in [-0.2, -0.15) is 0 Å². The lowest BCUT2D eigenvalue weighted by molar-refractivity contribution is 0.794. The highest BCUT2D eigenvalue weighted by atomic mass is 15.1. The molecule has 0 amide bonds. The average Bonchev–Trinajstić information content (AvgIpc) is 3.86. The predicted octanol–water partition coefficient (Wildman–Crippen LogP) is 17.4. The van der Waals surface area contributed by atoms with E-state index in [0.717, 1.165) is 17.1 Å². The van der Waals surface area contributed by atoms with Crippen LogP contribution in [0.3, 0.4) is 0 Å². The molecule has 0 heterocycles. The van der Waals surface area contributed by atoms with Crippen LogP contribution in [0.25, 0.3) is 87.6 Å². The van der Waals surface area contributed by atoms with Crippen molar-refractivity contribution in [2.24, 2.45) is 0 Å². The lowest BCUT2D eigenvalue weighted by Crippen LogP contribution is -2.26. The lowest BCUT2D eigenvalue weighted by Gasteiger charge is -2.33. The van der Waals surface area contributed by atoms with Gasteiger partial charge in [0.25, 0.3) is 0 Å². The van der Waals surface area contributed by atoms with Gasteiger partial charge in [0.2, 0.25) is 0 Å². The zero-order valence-electron chi connectivity index (χ0n) is 36.1. The van der Waals surface area contributed by atoms with Crippen molar-refractivity contribution < 1.29 is 0 Å². The highest BCUT2D eigenvalue weighted by Gasteiger charge is 2.52. The molecule has 1 nitrogen and oxygen atoms in total. The second-order valence-corrected chi connectivity index (χ2v) is 17.9. The van der Waals surface area contributed by atoms with Crippen molar-refractivity contribution in [3.8, 4) is 44.5 Å². The first-order chi connectivity index (χ1) is 32.7. The normalized spacial score (nSPS) is 13.0. The van der Waals surface area contributed by atoms with Crippen LogP contribution in [0.1, 0.15) is 22.3 Å². The van der Waals surface area contributed by atoms with Crippen LogP contribution in [0.5, 0.6) is 0 Å². The average molecular weight is 836 g/mol. The molecule has 14 rings (SSSR count). The highest BCUT2D eigenvalue weighted by molar-refractivity contribution is 6.26. The van der Waals surface area contributed by atoms with Crippen molar-refractivity contribution in [1.82, 2.24) is 0 Å². The minimum Gasteiger partial charge on any atom is -0.310 e. The zero-order chi connectivity index (χ0) is 43.3. The summed E-state index contributed by atoms with van der Waals surface area (Å²) in [5, 5.41) is 10.0. The summed E-state index contributed by atoms with van der Waals surface area (Å²) in [5.74, 6) is 0. The molecule has 2 aliphatic carbocycles. The molecule has 2 aliphatic rings. The second-order valence-electron chi connectivity index (χ2n) is 17.9. The molecule has 12 aromatic carbocycles. The van der Waals surface area contributed by atoms with E-state index in [-0.39, 0.29) is 0 Å². The van der Waals surface area contributed by atoms with E-state index in [1.807, 2.05) is 0 Å². The molecule has 0 saturated carbocycles. The van der Waals surface area contributed by atoms with Gasteiger partial charge in [-0.25, -0.2) is 0 Å². The molecule has 0 unspecified atom stereocenters. The van der Waals surface area contributed by atoms with E-state index in [1.165, 1.54) is 110 Å². The Hall–Kier alpha value is -8.52.